The monoisotopic (exact) mass is 272 g/mol. The van der Waals surface area contributed by atoms with Crippen molar-refractivity contribution in [1.82, 2.24) is 4.31 Å². The Hall–Kier alpha value is -0.990. The lowest BCUT2D eigenvalue weighted by atomic mass is 10.2. The molecule has 0 unspecified atom stereocenters. The zero-order chi connectivity index (χ0) is 13.0. The van der Waals surface area contributed by atoms with Crippen molar-refractivity contribution in [3.05, 3.63) is 29.8 Å². The molecule has 18 heavy (non-hydrogen) atoms. The summed E-state index contributed by atoms with van der Waals surface area (Å²) in [7, 11) is -3.41. The molecule has 1 aromatic carbocycles. The van der Waals surface area contributed by atoms with Gasteiger partial charge in [0.1, 0.15) is 0 Å². The first-order chi connectivity index (χ1) is 8.64. The average molecular weight is 272 g/mol. The Balaban J connectivity index is 2.18. The molecule has 1 fully saturated rings. The third kappa shape index (κ3) is 2.88. The van der Waals surface area contributed by atoms with Gasteiger partial charge in [0.2, 0.25) is 10.0 Å². The van der Waals surface area contributed by atoms with Gasteiger partial charge in [0, 0.05) is 13.1 Å². The van der Waals surface area contributed by atoms with Gasteiger partial charge >= 0.3 is 0 Å². The number of nitrogens with two attached hydrogens (primary N) is 1. The minimum Gasteiger partial charge on any atom is -0.379 e. The second-order valence-electron chi connectivity index (χ2n) is 3.97. The van der Waals surface area contributed by atoms with Crippen LogP contribution in [0, 0.1) is 0 Å². The van der Waals surface area contributed by atoms with Gasteiger partial charge in [-0.05, 0) is 17.7 Å². The third-order valence-electron chi connectivity index (χ3n) is 2.78. The Bertz CT molecular complexity index is 480. The maximum Gasteiger partial charge on any atom is 0.243 e. The van der Waals surface area contributed by atoms with E-state index in [2.05, 4.69) is 4.84 Å². The van der Waals surface area contributed by atoms with E-state index in [9.17, 15) is 8.42 Å². The van der Waals surface area contributed by atoms with E-state index < -0.39 is 10.0 Å². The van der Waals surface area contributed by atoms with Crippen LogP contribution in [0.4, 0.5) is 0 Å². The van der Waals surface area contributed by atoms with Gasteiger partial charge in [0.25, 0.3) is 0 Å². The number of ether oxygens (including phenoxy) is 1. The van der Waals surface area contributed by atoms with E-state index >= 15 is 0 Å². The molecule has 0 spiro atoms. The van der Waals surface area contributed by atoms with Crippen molar-refractivity contribution < 1.29 is 18.0 Å². The lowest BCUT2D eigenvalue weighted by Crippen LogP contribution is -2.40. The first-order valence-electron chi connectivity index (χ1n) is 5.63. The molecule has 100 valence electrons. The van der Waals surface area contributed by atoms with Crippen LogP contribution in [-0.2, 0) is 26.2 Å². The normalized spacial score (nSPS) is 17.8. The fraction of sp³-hybridized carbons (Fsp3) is 0.455. The molecule has 2 rings (SSSR count). The largest absolute Gasteiger partial charge is 0.379 e. The molecule has 6 nitrogen and oxygen atoms in total. The summed E-state index contributed by atoms with van der Waals surface area (Å²) in [5.74, 6) is 4.96. The summed E-state index contributed by atoms with van der Waals surface area (Å²) in [6.45, 7) is 1.94. The number of morpholine rings is 1. The van der Waals surface area contributed by atoms with Gasteiger partial charge in [0.15, 0.2) is 0 Å². The van der Waals surface area contributed by atoms with Crippen LogP contribution in [0.25, 0.3) is 0 Å². The standard InChI is InChI=1S/C11H16N2O4S/c12-17-9-10-1-3-11(4-2-10)18(14,15)13-5-7-16-8-6-13/h1-4H,5-9,12H2. The summed E-state index contributed by atoms with van der Waals surface area (Å²) in [6, 6.07) is 6.53. The molecular weight excluding hydrogens is 256 g/mol. The number of rotatable bonds is 4. The summed E-state index contributed by atoms with van der Waals surface area (Å²) < 4.78 is 31.1. The van der Waals surface area contributed by atoms with Crippen molar-refractivity contribution in [3.8, 4) is 0 Å². The van der Waals surface area contributed by atoms with Crippen LogP contribution < -0.4 is 5.90 Å². The zero-order valence-corrected chi connectivity index (χ0v) is 10.7. The van der Waals surface area contributed by atoms with E-state index in [1.165, 1.54) is 4.31 Å². The summed E-state index contributed by atoms with van der Waals surface area (Å²) in [6.07, 6.45) is 0. The van der Waals surface area contributed by atoms with Crippen LogP contribution in [0.1, 0.15) is 5.56 Å². The minimum atomic E-state index is -3.41. The summed E-state index contributed by atoms with van der Waals surface area (Å²) in [5.41, 5.74) is 0.832. The smallest absolute Gasteiger partial charge is 0.243 e. The summed E-state index contributed by atoms with van der Waals surface area (Å²) in [5, 5.41) is 0. The van der Waals surface area contributed by atoms with E-state index in [-0.39, 0.29) is 11.5 Å². The highest BCUT2D eigenvalue weighted by Crippen LogP contribution is 2.17. The lowest BCUT2D eigenvalue weighted by molar-refractivity contribution is 0.0730. The molecule has 1 aromatic rings. The first kappa shape index (κ1) is 13.4. The minimum absolute atomic E-state index is 0.262. The first-order valence-corrected chi connectivity index (χ1v) is 7.07. The molecule has 0 aliphatic carbocycles. The number of benzene rings is 1. The maximum atomic E-state index is 12.3. The highest BCUT2D eigenvalue weighted by molar-refractivity contribution is 7.89. The van der Waals surface area contributed by atoms with Crippen LogP contribution in [0.3, 0.4) is 0 Å². The van der Waals surface area contributed by atoms with Crippen molar-refractivity contribution >= 4 is 10.0 Å². The zero-order valence-electron chi connectivity index (χ0n) is 9.91. The van der Waals surface area contributed by atoms with Crippen LogP contribution >= 0.6 is 0 Å². The predicted molar refractivity (Wildman–Crippen MR) is 65.0 cm³/mol. The van der Waals surface area contributed by atoms with Gasteiger partial charge < -0.3 is 4.74 Å². The van der Waals surface area contributed by atoms with E-state index in [4.69, 9.17) is 10.6 Å². The lowest BCUT2D eigenvalue weighted by Gasteiger charge is -2.26. The number of hydrogen-bond acceptors (Lipinski definition) is 5. The van der Waals surface area contributed by atoms with Crippen LogP contribution in [-0.4, -0.2) is 39.0 Å². The fourth-order valence-electron chi connectivity index (χ4n) is 1.79. The van der Waals surface area contributed by atoms with Crippen molar-refractivity contribution in [2.45, 2.75) is 11.5 Å². The van der Waals surface area contributed by atoms with Gasteiger partial charge in [-0.25, -0.2) is 14.3 Å². The Morgan fingerprint density at radius 3 is 2.39 bits per heavy atom. The molecule has 0 amide bonds. The molecule has 1 heterocycles. The predicted octanol–water partition coefficient (Wildman–Crippen LogP) is 0.0978. The van der Waals surface area contributed by atoms with Crippen molar-refractivity contribution in [2.24, 2.45) is 5.90 Å². The van der Waals surface area contributed by atoms with Gasteiger partial charge in [-0.2, -0.15) is 4.31 Å². The third-order valence-corrected chi connectivity index (χ3v) is 4.69. The average Bonchev–Trinajstić information content (AvgIpc) is 2.41. The van der Waals surface area contributed by atoms with E-state index in [1.807, 2.05) is 0 Å². The van der Waals surface area contributed by atoms with Crippen LogP contribution in [0.2, 0.25) is 0 Å². The van der Waals surface area contributed by atoms with Crippen molar-refractivity contribution in [1.29, 1.82) is 0 Å². The van der Waals surface area contributed by atoms with E-state index in [0.29, 0.717) is 26.3 Å². The number of sulfonamides is 1. The molecule has 2 N–H and O–H groups in total. The van der Waals surface area contributed by atoms with Crippen LogP contribution in [0.5, 0.6) is 0 Å². The topological polar surface area (TPSA) is 81.9 Å². The number of nitrogens with zero attached hydrogens (tertiary/aromatic N) is 1. The quantitative estimate of drug-likeness (QED) is 0.786. The van der Waals surface area contributed by atoms with Crippen molar-refractivity contribution in [3.63, 3.8) is 0 Å². The molecule has 0 atom stereocenters. The summed E-state index contributed by atoms with van der Waals surface area (Å²) >= 11 is 0. The second kappa shape index (κ2) is 5.77. The van der Waals surface area contributed by atoms with E-state index in [0.717, 1.165) is 5.56 Å². The molecular formula is C11H16N2O4S. The molecule has 1 saturated heterocycles. The van der Waals surface area contributed by atoms with Gasteiger partial charge in [0.05, 0.1) is 24.7 Å². The Morgan fingerprint density at radius 1 is 1.22 bits per heavy atom. The molecule has 0 radical (unpaired) electrons. The number of hydrogen-bond donors (Lipinski definition) is 1. The Labute approximate surface area is 106 Å². The Kier molecular flexibility index (Phi) is 4.31. The van der Waals surface area contributed by atoms with Gasteiger partial charge in [-0.1, -0.05) is 12.1 Å². The molecule has 7 heteroatoms. The molecule has 1 aliphatic heterocycles. The maximum absolute atomic E-state index is 12.3. The van der Waals surface area contributed by atoms with Gasteiger partial charge in [-0.3, -0.25) is 4.84 Å². The molecule has 0 aromatic heterocycles. The molecule has 1 aliphatic rings. The van der Waals surface area contributed by atoms with E-state index in [1.54, 1.807) is 24.3 Å². The summed E-state index contributed by atoms with van der Waals surface area (Å²) in [4.78, 5) is 4.78. The highest BCUT2D eigenvalue weighted by Gasteiger charge is 2.25. The van der Waals surface area contributed by atoms with Crippen LogP contribution in [0.15, 0.2) is 29.2 Å². The highest BCUT2D eigenvalue weighted by atomic mass is 32.2. The Morgan fingerprint density at radius 2 is 1.83 bits per heavy atom. The fourth-order valence-corrected chi connectivity index (χ4v) is 3.20. The molecule has 0 saturated carbocycles. The molecule has 0 bridgehead atoms. The SMILES string of the molecule is NOCc1ccc(S(=O)(=O)N2CCOCC2)cc1. The van der Waals surface area contributed by atoms with Crippen molar-refractivity contribution in [2.75, 3.05) is 26.3 Å². The van der Waals surface area contributed by atoms with Gasteiger partial charge in [-0.15, -0.1) is 0 Å². The second-order valence-corrected chi connectivity index (χ2v) is 5.91.